The molecular weight excluding hydrogens is 350 g/mol. The number of hydrogen-bond donors (Lipinski definition) is 1. The van der Waals surface area contributed by atoms with Crippen LogP contribution in [-0.4, -0.2) is 0 Å². The van der Waals surface area contributed by atoms with Crippen LogP contribution in [0.4, 0.5) is 0 Å². The summed E-state index contributed by atoms with van der Waals surface area (Å²) in [4.78, 5) is 0. The molecule has 2 N–H and O–H groups in total. The molecular formula is C25H46ClN. The normalized spacial score (nSPS) is 11.4. The molecule has 0 radical (unpaired) electrons. The Morgan fingerprint density at radius 2 is 1.19 bits per heavy atom. The molecule has 0 unspecified atom stereocenters. The van der Waals surface area contributed by atoms with E-state index in [1.807, 2.05) is 0 Å². The van der Waals surface area contributed by atoms with Gasteiger partial charge in [-0.05, 0) is 56.2 Å². The molecule has 0 spiro atoms. The van der Waals surface area contributed by atoms with Crippen LogP contribution in [0.3, 0.4) is 0 Å². The van der Waals surface area contributed by atoms with Gasteiger partial charge >= 0.3 is 0 Å². The Kier molecular flexibility index (Phi) is 15.1. The third kappa shape index (κ3) is 11.2. The van der Waals surface area contributed by atoms with Gasteiger partial charge in [-0.15, -0.1) is 12.4 Å². The van der Waals surface area contributed by atoms with Gasteiger partial charge < -0.3 is 5.73 Å². The van der Waals surface area contributed by atoms with Crippen molar-refractivity contribution in [3.05, 3.63) is 34.9 Å². The summed E-state index contributed by atoms with van der Waals surface area (Å²) >= 11 is 0. The third-order valence-electron chi connectivity index (χ3n) is 5.55. The summed E-state index contributed by atoms with van der Waals surface area (Å²) in [5.74, 6) is 0. The minimum Gasteiger partial charge on any atom is -0.322 e. The molecule has 2 heteroatoms. The van der Waals surface area contributed by atoms with E-state index in [0.717, 1.165) is 0 Å². The lowest BCUT2D eigenvalue weighted by Crippen LogP contribution is -2.30. The maximum atomic E-state index is 6.51. The number of benzene rings is 1. The Bertz CT molecular complexity index is 476. The molecule has 1 aromatic carbocycles. The molecule has 1 nitrogen and oxygen atoms in total. The zero-order valence-electron chi connectivity index (χ0n) is 18.6. The number of halogens is 1. The van der Waals surface area contributed by atoms with Gasteiger partial charge in [0.2, 0.25) is 0 Å². The number of nitrogens with two attached hydrogens (primary N) is 1. The minimum absolute atomic E-state index is 0. The van der Waals surface area contributed by atoms with Gasteiger partial charge in [-0.1, -0.05) is 96.3 Å². The molecule has 0 bridgehead atoms. The monoisotopic (exact) mass is 395 g/mol. The fourth-order valence-electron chi connectivity index (χ4n) is 3.95. The Morgan fingerprint density at radius 1 is 0.704 bits per heavy atom. The van der Waals surface area contributed by atoms with Crippen molar-refractivity contribution in [3.8, 4) is 0 Å². The summed E-state index contributed by atoms with van der Waals surface area (Å²) in [6, 6.07) is 6.84. The second-order valence-corrected chi connectivity index (χ2v) is 8.70. The van der Waals surface area contributed by atoms with Crippen molar-refractivity contribution in [2.75, 3.05) is 0 Å². The van der Waals surface area contributed by atoms with Crippen LogP contribution in [0.1, 0.15) is 121 Å². The lowest BCUT2D eigenvalue weighted by atomic mass is 9.84. The molecule has 1 rings (SSSR count). The predicted octanol–water partition coefficient (Wildman–Crippen LogP) is 8.11. The zero-order chi connectivity index (χ0) is 19.3. The van der Waals surface area contributed by atoms with E-state index < -0.39 is 0 Å². The van der Waals surface area contributed by atoms with E-state index in [-0.39, 0.29) is 17.9 Å². The van der Waals surface area contributed by atoms with Crippen LogP contribution in [0.5, 0.6) is 0 Å². The summed E-state index contributed by atoms with van der Waals surface area (Å²) in [7, 11) is 0. The average Bonchev–Trinajstić information content (AvgIpc) is 2.60. The molecule has 0 aromatic heterocycles. The number of aryl methyl sites for hydroxylation is 1. The lowest BCUT2D eigenvalue weighted by Gasteiger charge is -2.25. The largest absolute Gasteiger partial charge is 0.322 e. The number of hydrogen-bond acceptors (Lipinski definition) is 1. The highest BCUT2D eigenvalue weighted by Crippen LogP contribution is 2.27. The van der Waals surface area contributed by atoms with Crippen LogP contribution in [0.15, 0.2) is 18.2 Å². The van der Waals surface area contributed by atoms with E-state index >= 15 is 0 Å². The van der Waals surface area contributed by atoms with Crippen LogP contribution in [0.2, 0.25) is 0 Å². The van der Waals surface area contributed by atoms with Gasteiger partial charge in [-0.25, -0.2) is 0 Å². The van der Waals surface area contributed by atoms with Gasteiger partial charge in [-0.2, -0.15) is 0 Å². The first kappa shape index (κ1) is 26.5. The van der Waals surface area contributed by atoms with Gasteiger partial charge in [0, 0.05) is 5.54 Å². The van der Waals surface area contributed by atoms with E-state index in [4.69, 9.17) is 5.73 Å². The van der Waals surface area contributed by atoms with Crippen LogP contribution in [0.25, 0.3) is 0 Å². The van der Waals surface area contributed by atoms with E-state index in [9.17, 15) is 0 Å². The molecule has 0 aliphatic carbocycles. The maximum absolute atomic E-state index is 6.51. The molecule has 0 amide bonds. The van der Waals surface area contributed by atoms with Crippen LogP contribution >= 0.6 is 12.4 Å². The molecule has 27 heavy (non-hydrogen) atoms. The van der Waals surface area contributed by atoms with Crippen LogP contribution in [-0.2, 0) is 18.4 Å². The molecule has 158 valence electrons. The molecule has 0 fully saturated rings. The molecule has 0 aliphatic heterocycles. The summed E-state index contributed by atoms with van der Waals surface area (Å²) < 4.78 is 0. The minimum atomic E-state index is -0.241. The van der Waals surface area contributed by atoms with E-state index in [0.29, 0.717) is 0 Å². The van der Waals surface area contributed by atoms with Gasteiger partial charge in [0.05, 0.1) is 0 Å². The van der Waals surface area contributed by atoms with E-state index in [1.165, 1.54) is 95.5 Å². The van der Waals surface area contributed by atoms with Crippen molar-refractivity contribution in [1.29, 1.82) is 0 Å². The Morgan fingerprint density at radius 3 is 1.70 bits per heavy atom. The summed E-state index contributed by atoms with van der Waals surface area (Å²) in [6.07, 6.45) is 18.8. The highest BCUT2D eigenvalue weighted by Gasteiger charge is 2.19. The Hall–Kier alpha value is -0.530. The predicted molar refractivity (Wildman–Crippen MR) is 125 cm³/mol. The summed E-state index contributed by atoms with van der Waals surface area (Å²) in [5, 5.41) is 0. The number of rotatable bonds is 15. The van der Waals surface area contributed by atoms with Crippen LogP contribution in [0, 0.1) is 0 Å². The van der Waals surface area contributed by atoms with E-state index in [2.05, 4.69) is 45.9 Å². The third-order valence-corrected chi connectivity index (χ3v) is 5.55. The second-order valence-electron chi connectivity index (χ2n) is 8.70. The molecule has 0 heterocycles. The first-order valence-corrected chi connectivity index (χ1v) is 11.4. The van der Waals surface area contributed by atoms with Crippen molar-refractivity contribution in [3.63, 3.8) is 0 Å². The zero-order valence-corrected chi connectivity index (χ0v) is 19.4. The highest BCUT2D eigenvalue weighted by molar-refractivity contribution is 5.85. The smallest absolute Gasteiger partial charge is 0.0355 e. The fourth-order valence-corrected chi connectivity index (χ4v) is 3.95. The van der Waals surface area contributed by atoms with Gasteiger partial charge in [-0.3, -0.25) is 0 Å². The molecule has 0 saturated heterocycles. The second kappa shape index (κ2) is 15.4. The van der Waals surface area contributed by atoms with Crippen molar-refractivity contribution < 1.29 is 0 Å². The van der Waals surface area contributed by atoms with Crippen molar-refractivity contribution >= 4 is 12.4 Å². The van der Waals surface area contributed by atoms with Crippen molar-refractivity contribution in [1.82, 2.24) is 0 Å². The number of unbranched alkanes of at least 4 members (excludes halogenated alkanes) is 10. The molecule has 0 atom stereocenters. The average molecular weight is 396 g/mol. The first-order chi connectivity index (χ1) is 12.5. The standard InChI is InChI=1S/C25H45N.ClH/c1-5-7-9-11-13-15-18-22-19-17-21-24(25(3,4)26)23(22)20-16-14-12-10-8-6-2;/h17,19,21H,5-16,18,20,26H2,1-4H3;1H. The first-order valence-electron chi connectivity index (χ1n) is 11.4. The van der Waals surface area contributed by atoms with Crippen LogP contribution < -0.4 is 5.73 Å². The molecule has 0 saturated carbocycles. The Labute approximate surface area is 176 Å². The Balaban J connectivity index is 0.00000676. The lowest BCUT2D eigenvalue weighted by molar-refractivity contribution is 0.539. The highest BCUT2D eigenvalue weighted by atomic mass is 35.5. The van der Waals surface area contributed by atoms with Gasteiger partial charge in [0.1, 0.15) is 0 Å². The topological polar surface area (TPSA) is 26.0 Å². The van der Waals surface area contributed by atoms with Gasteiger partial charge in [0.15, 0.2) is 0 Å². The van der Waals surface area contributed by atoms with E-state index in [1.54, 1.807) is 11.1 Å². The van der Waals surface area contributed by atoms with Gasteiger partial charge in [0.25, 0.3) is 0 Å². The van der Waals surface area contributed by atoms with Crippen molar-refractivity contribution in [2.24, 2.45) is 5.73 Å². The SMILES string of the molecule is CCCCCCCCc1cccc(C(C)(C)N)c1CCCCCCCC.Cl. The maximum Gasteiger partial charge on any atom is 0.0355 e. The molecule has 1 aromatic rings. The summed E-state index contributed by atoms with van der Waals surface area (Å²) in [6.45, 7) is 8.88. The van der Waals surface area contributed by atoms with Crippen molar-refractivity contribution in [2.45, 2.75) is 123 Å². The fraction of sp³-hybridized carbons (Fsp3) is 0.760. The quantitative estimate of drug-likeness (QED) is 0.298. The molecule has 0 aliphatic rings. The summed E-state index contributed by atoms with van der Waals surface area (Å²) in [5.41, 5.74) is 10.8.